The molecule has 3 rings (SSSR count). The number of benzene rings is 2. The lowest BCUT2D eigenvalue weighted by Crippen LogP contribution is -2.66. The summed E-state index contributed by atoms with van der Waals surface area (Å²) in [4.78, 5) is 37.5. The van der Waals surface area contributed by atoms with Crippen LogP contribution in [0.1, 0.15) is 5.56 Å². The summed E-state index contributed by atoms with van der Waals surface area (Å²) in [5.41, 5.74) is 3.54. The van der Waals surface area contributed by atoms with Crippen molar-refractivity contribution in [1.29, 1.82) is 0 Å². The number of hydrogen-bond donors (Lipinski definition) is 2. The molecular formula is C18H16ClN5O5S2. The second-order valence-corrected chi connectivity index (χ2v) is 8.32. The Bertz CT molecular complexity index is 1080. The van der Waals surface area contributed by atoms with Gasteiger partial charge in [-0.1, -0.05) is 23.8 Å². The van der Waals surface area contributed by atoms with Crippen molar-refractivity contribution < 1.29 is 14.6 Å². The number of thiol groups is 1. The predicted molar refractivity (Wildman–Crippen MR) is 123 cm³/mol. The number of nitro groups is 2. The Morgan fingerprint density at radius 1 is 1.13 bits per heavy atom. The number of hydrogen-bond acceptors (Lipinski definition) is 7. The van der Waals surface area contributed by atoms with Crippen molar-refractivity contribution in [1.82, 2.24) is 4.90 Å². The molecule has 1 aliphatic heterocycles. The average Bonchev–Trinajstić information content (AvgIpc) is 2.72. The van der Waals surface area contributed by atoms with Gasteiger partial charge in [0, 0.05) is 29.9 Å². The van der Waals surface area contributed by atoms with Crippen molar-refractivity contribution >= 4 is 63.7 Å². The van der Waals surface area contributed by atoms with E-state index in [1.807, 2.05) is 4.90 Å². The number of carbonyl (C=O) groups is 1. The number of thiocarbonyl (C=S) groups is 1. The number of non-ortho nitro benzene ring substituents is 1. The normalized spacial score (nSPS) is 18.5. The van der Waals surface area contributed by atoms with Gasteiger partial charge in [-0.3, -0.25) is 25.0 Å². The molecule has 1 atom stereocenters. The minimum Gasteiger partial charge on any atom is -0.367 e. The van der Waals surface area contributed by atoms with E-state index in [1.54, 1.807) is 24.3 Å². The van der Waals surface area contributed by atoms with Crippen molar-refractivity contribution in [2.24, 2.45) is 5.73 Å². The van der Waals surface area contributed by atoms with Crippen molar-refractivity contribution in [3.8, 4) is 0 Å². The van der Waals surface area contributed by atoms with Gasteiger partial charge in [0.15, 0.2) is 5.54 Å². The predicted octanol–water partition coefficient (Wildman–Crippen LogP) is 2.87. The van der Waals surface area contributed by atoms with Crippen molar-refractivity contribution in [3.05, 3.63) is 73.3 Å². The molecule has 13 heteroatoms. The average molecular weight is 482 g/mol. The van der Waals surface area contributed by atoms with Crippen LogP contribution in [0.15, 0.2) is 42.5 Å². The third-order valence-corrected chi connectivity index (χ3v) is 5.85. The molecule has 1 amide bonds. The van der Waals surface area contributed by atoms with Crippen LogP contribution >= 0.6 is 36.4 Å². The van der Waals surface area contributed by atoms with Gasteiger partial charge in [0.1, 0.15) is 4.32 Å². The lowest BCUT2D eigenvalue weighted by atomic mass is 9.83. The van der Waals surface area contributed by atoms with Crippen molar-refractivity contribution in [2.75, 3.05) is 24.5 Å². The van der Waals surface area contributed by atoms with Crippen molar-refractivity contribution in [2.45, 2.75) is 5.54 Å². The Balaban J connectivity index is 2.23. The third-order valence-electron chi connectivity index (χ3n) is 5.14. The monoisotopic (exact) mass is 481 g/mol. The molecule has 0 bridgehead atoms. The SMILES string of the molecule is NC(=O)C1(c2ccc([N+](=O)[O-])cc2[N+](=O)[O-])CN(c2ccc(Cl)cc2)CCN1C(=S)S. The van der Waals surface area contributed by atoms with Gasteiger partial charge in [-0.25, -0.2) is 0 Å². The van der Waals surface area contributed by atoms with Crippen LogP contribution in [0.3, 0.4) is 0 Å². The van der Waals surface area contributed by atoms with Gasteiger partial charge >= 0.3 is 0 Å². The molecule has 1 saturated heterocycles. The summed E-state index contributed by atoms with van der Waals surface area (Å²) in [6.45, 7) is 0.503. The lowest BCUT2D eigenvalue weighted by Gasteiger charge is -2.49. The van der Waals surface area contributed by atoms with Gasteiger partial charge in [-0.05, 0) is 30.3 Å². The Kier molecular flexibility index (Phi) is 6.34. The zero-order chi connectivity index (χ0) is 22.9. The number of carbonyl (C=O) groups excluding carboxylic acids is 1. The van der Waals surface area contributed by atoms with E-state index in [0.29, 0.717) is 17.3 Å². The van der Waals surface area contributed by atoms with E-state index in [4.69, 9.17) is 29.6 Å². The molecule has 2 N–H and O–H groups in total. The number of piperazine rings is 1. The van der Waals surface area contributed by atoms with E-state index in [9.17, 15) is 25.0 Å². The third kappa shape index (κ3) is 4.13. The molecule has 10 nitrogen and oxygen atoms in total. The zero-order valence-corrected chi connectivity index (χ0v) is 18.3. The molecule has 1 aliphatic rings. The van der Waals surface area contributed by atoms with E-state index in [-0.39, 0.29) is 23.0 Å². The molecule has 0 aliphatic carbocycles. The molecule has 31 heavy (non-hydrogen) atoms. The first kappa shape index (κ1) is 22.7. The minimum absolute atomic E-state index is 0.0159. The highest BCUT2D eigenvalue weighted by Crippen LogP contribution is 2.41. The number of amides is 1. The summed E-state index contributed by atoms with van der Waals surface area (Å²) >= 11 is 15.4. The molecule has 0 radical (unpaired) electrons. The second kappa shape index (κ2) is 8.65. The van der Waals surface area contributed by atoms with Crippen LogP contribution in [0.25, 0.3) is 0 Å². The molecule has 1 fully saturated rings. The van der Waals surface area contributed by atoms with Gasteiger partial charge < -0.3 is 15.5 Å². The second-order valence-electron chi connectivity index (χ2n) is 6.77. The Morgan fingerprint density at radius 3 is 2.29 bits per heavy atom. The molecule has 162 valence electrons. The summed E-state index contributed by atoms with van der Waals surface area (Å²) in [6.07, 6.45) is 0. The van der Waals surface area contributed by atoms with E-state index in [1.165, 1.54) is 11.0 Å². The molecule has 0 saturated carbocycles. The van der Waals surface area contributed by atoms with Crippen LogP contribution in [-0.2, 0) is 10.3 Å². The van der Waals surface area contributed by atoms with E-state index < -0.39 is 32.7 Å². The maximum atomic E-state index is 12.9. The largest absolute Gasteiger partial charge is 0.367 e. The first-order valence-electron chi connectivity index (χ1n) is 8.82. The summed E-state index contributed by atoms with van der Waals surface area (Å²) in [5, 5.41) is 23.5. The summed E-state index contributed by atoms with van der Waals surface area (Å²) in [7, 11) is 0. The number of nitrogens with zero attached hydrogens (tertiary/aromatic N) is 4. The fourth-order valence-corrected chi connectivity index (χ4v) is 4.34. The van der Waals surface area contributed by atoms with Crippen molar-refractivity contribution in [3.63, 3.8) is 0 Å². The Morgan fingerprint density at radius 2 is 1.77 bits per heavy atom. The van der Waals surface area contributed by atoms with Gasteiger partial charge in [0.2, 0.25) is 5.91 Å². The van der Waals surface area contributed by atoms with E-state index in [2.05, 4.69) is 12.6 Å². The molecule has 1 heterocycles. The van der Waals surface area contributed by atoms with Gasteiger partial charge in [0.05, 0.1) is 28.0 Å². The topological polar surface area (TPSA) is 136 Å². The van der Waals surface area contributed by atoms with E-state index >= 15 is 0 Å². The summed E-state index contributed by atoms with van der Waals surface area (Å²) < 4.78 is 0.0159. The molecule has 0 spiro atoms. The Hall–Kier alpha value is -2.96. The fourth-order valence-electron chi connectivity index (χ4n) is 3.69. The number of nitro benzene ring substituents is 2. The smallest absolute Gasteiger partial charge is 0.282 e. The molecule has 2 aromatic carbocycles. The summed E-state index contributed by atoms with van der Waals surface area (Å²) in [5.74, 6) is -0.903. The van der Waals surface area contributed by atoms with Crippen LogP contribution in [0, 0.1) is 20.2 Å². The fraction of sp³-hybridized carbons (Fsp3) is 0.222. The zero-order valence-electron chi connectivity index (χ0n) is 15.8. The Labute approximate surface area is 192 Å². The van der Waals surface area contributed by atoms with Gasteiger partial charge in [-0.15, -0.1) is 12.6 Å². The van der Waals surface area contributed by atoms with Crippen LogP contribution in [0.4, 0.5) is 17.1 Å². The number of primary amides is 1. The number of anilines is 1. The maximum absolute atomic E-state index is 12.9. The van der Waals surface area contributed by atoms with Gasteiger partial charge in [-0.2, -0.15) is 0 Å². The molecular weight excluding hydrogens is 466 g/mol. The highest BCUT2D eigenvalue weighted by molar-refractivity contribution is 8.10. The molecule has 2 aromatic rings. The maximum Gasteiger partial charge on any atom is 0.282 e. The quantitative estimate of drug-likeness (QED) is 0.288. The highest BCUT2D eigenvalue weighted by Gasteiger charge is 2.52. The van der Waals surface area contributed by atoms with E-state index in [0.717, 1.165) is 12.1 Å². The van der Waals surface area contributed by atoms with Crippen LogP contribution < -0.4 is 10.6 Å². The first-order chi connectivity index (χ1) is 14.6. The van der Waals surface area contributed by atoms with Crippen LogP contribution in [0.5, 0.6) is 0 Å². The highest BCUT2D eigenvalue weighted by atomic mass is 35.5. The number of halogens is 1. The number of nitrogens with two attached hydrogens (primary N) is 1. The molecule has 1 unspecified atom stereocenters. The van der Waals surface area contributed by atoms with Gasteiger partial charge in [0.25, 0.3) is 11.4 Å². The van der Waals surface area contributed by atoms with Crippen LogP contribution in [-0.4, -0.2) is 44.6 Å². The minimum atomic E-state index is -1.78. The number of rotatable bonds is 5. The first-order valence-corrected chi connectivity index (χ1v) is 10.1. The standard InChI is InChI=1S/C18H16ClN5O5S2/c19-11-1-3-12(4-2-11)21-7-8-22(17(30)31)18(10-21,16(20)25)14-6-5-13(23(26)27)9-15(14)24(28)29/h1-6,9H,7-8,10H2,(H2,20,25)(H,30,31). The summed E-state index contributed by atoms with van der Waals surface area (Å²) in [6, 6.07) is 9.90. The molecule has 0 aromatic heterocycles. The lowest BCUT2D eigenvalue weighted by molar-refractivity contribution is -0.395. The van der Waals surface area contributed by atoms with Crippen LogP contribution in [0.2, 0.25) is 5.02 Å².